The molecule has 80 valence electrons. The van der Waals surface area contributed by atoms with Crippen LogP contribution in [-0.4, -0.2) is 0 Å². The zero-order chi connectivity index (χ0) is 10.7. The lowest BCUT2D eigenvalue weighted by molar-refractivity contribution is 0.275. The molecule has 0 aliphatic carbocycles. The van der Waals surface area contributed by atoms with Gasteiger partial charge in [0.1, 0.15) is 11.5 Å². The second-order valence-electron chi connectivity index (χ2n) is 3.70. The number of nitrogens with one attached hydrogen (secondary N) is 2. The Morgan fingerprint density at radius 3 is 1.80 bits per heavy atom. The number of allylic oxidation sites excluding steroid dienone is 4. The standard InChI is InChI=1S/C12H16N2O/c1-9-11(5-3-7-13-9)15-12-6-4-8-14-10(12)2/h3-4,7-8,13-14H,5-6H2,1-2H3. The first-order chi connectivity index (χ1) is 7.27. The third-order valence-corrected chi connectivity index (χ3v) is 2.52. The van der Waals surface area contributed by atoms with E-state index in [0.29, 0.717) is 0 Å². The summed E-state index contributed by atoms with van der Waals surface area (Å²) in [5.41, 5.74) is 2.18. The molecule has 0 unspecified atom stereocenters. The van der Waals surface area contributed by atoms with Gasteiger partial charge in [0.25, 0.3) is 0 Å². The number of hydrogen-bond acceptors (Lipinski definition) is 3. The Labute approximate surface area is 90.2 Å². The zero-order valence-corrected chi connectivity index (χ0v) is 9.13. The lowest BCUT2D eigenvalue weighted by Gasteiger charge is -2.20. The molecule has 2 aliphatic rings. The summed E-state index contributed by atoms with van der Waals surface area (Å²) in [6.45, 7) is 4.06. The van der Waals surface area contributed by atoms with Crippen LogP contribution in [-0.2, 0) is 4.74 Å². The van der Waals surface area contributed by atoms with Crippen molar-refractivity contribution in [3.05, 3.63) is 47.5 Å². The summed E-state index contributed by atoms with van der Waals surface area (Å²) in [5.74, 6) is 2.01. The van der Waals surface area contributed by atoms with Crippen molar-refractivity contribution in [1.82, 2.24) is 10.6 Å². The van der Waals surface area contributed by atoms with Gasteiger partial charge in [-0.05, 0) is 26.2 Å². The van der Waals surface area contributed by atoms with Gasteiger partial charge in [-0.15, -0.1) is 0 Å². The van der Waals surface area contributed by atoms with Gasteiger partial charge < -0.3 is 15.4 Å². The summed E-state index contributed by atoms with van der Waals surface area (Å²) in [6.07, 6.45) is 9.73. The van der Waals surface area contributed by atoms with Crippen LogP contribution in [0.2, 0.25) is 0 Å². The Kier molecular flexibility index (Phi) is 2.81. The maximum absolute atomic E-state index is 5.89. The largest absolute Gasteiger partial charge is 0.462 e. The highest BCUT2D eigenvalue weighted by Crippen LogP contribution is 2.22. The van der Waals surface area contributed by atoms with Crippen LogP contribution in [0.25, 0.3) is 0 Å². The molecule has 2 aliphatic heterocycles. The molecule has 2 heterocycles. The van der Waals surface area contributed by atoms with Crippen LogP contribution in [0.1, 0.15) is 26.7 Å². The average Bonchev–Trinajstić information content (AvgIpc) is 2.24. The highest BCUT2D eigenvalue weighted by molar-refractivity contribution is 5.21. The molecule has 0 amide bonds. The Morgan fingerprint density at radius 2 is 1.40 bits per heavy atom. The SMILES string of the molecule is CC1=C(OC2=C(C)NC=CC2)CC=CN1. The minimum Gasteiger partial charge on any atom is -0.462 e. The first kappa shape index (κ1) is 9.90. The predicted molar refractivity (Wildman–Crippen MR) is 60.3 cm³/mol. The summed E-state index contributed by atoms with van der Waals surface area (Å²) in [6, 6.07) is 0. The van der Waals surface area contributed by atoms with Crippen molar-refractivity contribution in [2.45, 2.75) is 26.7 Å². The van der Waals surface area contributed by atoms with E-state index in [1.54, 1.807) is 0 Å². The third kappa shape index (κ3) is 2.24. The summed E-state index contributed by atoms with van der Waals surface area (Å²) >= 11 is 0. The van der Waals surface area contributed by atoms with Crippen molar-refractivity contribution in [2.24, 2.45) is 0 Å². The molecule has 0 fully saturated rings. The quantitative estimate of drug-likeness (QED) is 0.725. The molecule has 0 saturated carbocycles. The summed E-state index contributed by atoms with van der Waals surface area (Å²) < 4.78 is 5.89. The smallest absolute Gasteiger partial charge is 0.126 e. The minimum atomic E-state index is 0.860. The van der Waals surface area contributed by atoms with Crippen LogP contribution in [0.4, 0.5) is 0 Å². The summed E-state index contributed by atoms with van der Waals surface area (Å²) in [5, 5.41) is 6.30. The molecule has 0 radical (unpaired) electrons. The monoisotopic (exact) mass is 204 g/mol. The highest BCUT2D eigenvalue weighted by atomic mass is 16.5. The molecule has 2 N–H and O–H groups in total. The van der Waals surface area contributed by atoms with Gasteiger partial charge in [0.2, 0.25) is 0 Å². The van der Waals surface area contributed by atoms with E-state index < -0.39 is 0 Å². The molecule has 0 atom stereocenters. The molecule has 0 aromatic carbocycles. The third-order valence-electron chi connectivity index (χ3n) is 2.52. The van der Waals surface area contributed by atoms with Crippen LogP contribution in [0.3, 0.4) is 0 Å². The lowest BCUT2D eigenvalue weighted by Crippen LogP contribution is -2.15. The van der Waals surface area contributed by atoms with Crippen molar-refractivity contribution in [3.8, 4) is 0 Å². The van der Waals surface area contributed by atoms with Gasteiger partial charge in [0.15, 0.2) is 0 Å². The summed E-state index contributed by atoms with van der Waals surface area (Å²) in [4.78, 5) is 0. The van der Waals surface area contributed by atoms with E-state index in [2.05, 4.69) is 22.8 Å². The highest BCUT2D eigenvalue weighted by Gasteiger charge is 2.11. The van der Waals surface area contributed by atoms with Gasteiger partial charge in [0.05, 0.1) is 11.4 Å². The van der Waals surface area contributed by atoms with E-state index >= 15 is 0 Å². The molecule has 0 bridgehead atoms. The fourth-order valence-electron chi connectivity index (χ4n) is 1.55. The van der Waals surface area contributed by atoms with Gasteiger partial charge in [0, 0.05) is 12.8 Å². The van der Waals surface area contributed by atoms with E-state index in [0.717, 1.165) is 35.8 Å². The molecule has 0 aromatic rings. The molecule has 3 nitrogen and oxygen atoms in total. The number of ether oxygens (including phenoxy) is 1. The van der Waals surface area contributed by atoms with Crippen molar-refractivity contribution in [2.75, 3.05) is 0 Å². The van der Waals surface area contributed by atoms with E-state index in [1.165, 1.54) is 0 Å². The normalized spacial score (nSPS) is 20.1. The Morgan fingerprint density at radius 1 is 0.933 bits per heavy atom. The average molecular weight is 204 g/mol. The first-order valence-corrected chi connectivity index (χ1v) is 5.18. The maximum atomic E-state index is 5.89. The first-order valence-electron chi connectivity index (χ1n) is 5.18. The van der Waals surface area contributed by atoms with Crippen LogP contribution in [0.5, 0.6) is 0 Å². The van der Waals surface area contributed by atoms with Crippen molar-refractivity contribution in [3.63, 3.8) is 0 Å². The van der Waals surface area contributed by atoms with Gasteiger partial charge >= 0.3 is 0 Å². The molecule has 15 heavy (non-hydrogen) atoms. The van der Waals surface area contributed by atoms with Crippen molar-refractivity contribution >= 4 is 0 Å². The molecular formula is C12H16N2O. The van der Waals surface area contributed by atoms with E-state index in [9.17, 15) is 0 Å². The van der Waals surface area contributed by atoms with Gasteiger partial charge in [-0.1, -0.05) is 12.2 Å². The topological polar surface area (TPSA) is 33.3 Å². The van der Waals surface area contributed by atoms with Crippen LogP contribution >= 0.6 is 0 Å². The number of hydrogen-bond donors (Lipinski definition) is 2. The second-order valence-corrected chi connectivity index (χ2v) is 3.70. The number of rotatable bonds is 2. The molecular weight excluding hydrogens is 188 g/mol. The van der Waals surface area contributed by atoms with Gasteiger partial charge in [-0.25, -0.2) is 0 Å². The van der Waals surface area contributed by atoms with Crippen LogP contribution in [0.15, 0.2) is 47.5 Å². The van der Waals surface area contributed by atoms with E-state index in [-0.39, 0.29) is 0 Å². The lowest BCUT2D eigenvalue weighted by atomic mass is 10.2. The zero-order valence-electron chi connectivity index (χ0n) is 9.13. The Bertz CT molecular complexity index is 339. The second kappa shape index (κ2) is 4.26. The minimum absolute atomic E-state index is 0.860. The Balaban J connectivity index is 2.08. The predicted octanol–water partition coefficient (Wildman–Crippen LogP) is 2.48. The van der Waals surface area contributed by atoms with Gasteiger partial charge in [-0.3, -0.25) is 0 Å². The van der Waals surface area contributed by atoms with Crippen LogP contribution < -0.4 is 10.6 Å². The molecule has 0 spiro atoms. The maximum Gasteiger partial charge on any atom is 0.126 e. The molecule has 0 aromatic heterocycles. The van der Waals surface area contributed by atoms with Crippen LogP contribution in [0, 0.1) is 0 Å². The fraction of sp³-hybridized carbons (Fsp3) is 0.333. The van der Waals surface area contributed by atoms with E-state index in [1.807, 2.05) is 26.2 Å². The fourth-order valence-corrected chi connectivity index (χ4v) is 1.55. The van der Waals surface area contributed by atoms with Gasteiger partial charge in [-0.2, -0.15) is 0 Å². The molecule has 0 saturated heterocycles. The van der Waals surface area contributed by atoms with Crippen molar-refractivity contribution in [1.29, 1.82) is 0 Å². The number of dihydropyridines is 2. The summed E-state index contributed by atoms with van der Waals surface area (Å²) in [7, 11) is 0. The van der Waals surface area contributed by atoms with Crippen molar-refractivity contribution < 1.29 is 4.74 Å². The Hall–Kier alpha value is -1.64. The molecule has 2 rings (SSSR count). The molecule has 3 heteroatoms. The van der Waals surface area contributed by atoms with E-state index in [4.69, 9.17) is 4.74 Å².